The Balaban J connectivity index is 2.59. The molecule has 66 valence electrons. The van der Waals surface area contributed by atoms with Crippen LogP contribution in [-0.4, -0.2) is 5.78 Å². The fraction of sp³-hybridized carbons (Fsp3) is 0.500. The van der Waals surface area contributed by atoms with Gasteiger partial charge in [-0.3, -0.25) is 4.79 Å². The Morgan fingerprint density at radius 2 is 2.33 bits per heavy atom. The van der Waals surface area contributed by atoms with Gasteiger partial charge in [-0.15, -0.1) is 0 Å². The van der Waals surface area contributed by atoms with Gasteiger partial charge in [0.1, 0.15) is 5.78 Å². The standard InChI is InChI=1S/C10H15NO/c1-7(2)10(12)8-3-5-9(11)6-4-8/h3,5-8H,4,11H2,1-2H3. The number of Topliss-reactive ketones (excluding diaryl/α,β-unsaturated/α-hetero) is 1. The lowest BCUT2D eigenvalue weighted by molar-refractivity contribution is -0.124. The van der Waals surface area contributed by atoms with Gasteiger partial charge in [0.15, 0.2) is 0 Å². The third kappa shape index (κ3) is 1.97. The molecular weight excluding hydrogens is 150 g/mol. The van der Waals surface area contributed by atoms with Crippen LogP contribution < -0.4 is 5.73 Å². The van der Waals surface area contributed by atoms with E-state index >= 15 is 0 Å². The summed E-state index contributed by atoms with van der Waals surface area (Å²) in [6.45, 7) is 3.86. The van der Waals surface area contributed by atoms with Crippen LogP contribution in [0.5, 0.6) is 0 Å². The molecule has 1 atom stereocenters. The first-order chi connectivity index (χ1) is 5.61. The fourth-order valence-corrected chi connectivity index (χ4v) is 1.28. The minimum Gasteiger partial charge on any atom is -0.399 e. The topological polar surface area (TPSA) is 43.1 Å². The minimum atomic E-state index is 0.0531. The first-order valence-electron chi connectivity index (χ1n) is 4.29. The number of allylic oxidation sites excluding steroid dienone is 3. The molecule has 0 fully saturated rings. The minimum absolute atomic E-state index is 0.0531. The van der Waals surface area contributed by atoms with Crippen molar-refractivity contribution >= 4 is 5.78 Å². The van der Waals surface area contributed by atoms with E-state index in [1.165, 1.54) is 0 Å². The highest BCUT2D eigenvalue weighted by atomic mass is 16.1. The molecule has 0 aromatic carbocycles. The average molecular weight is 165 g/mol. The number of nitrogens with two attached hydrogens (primary N) is 1. The lowest BCUT2D eigenvalue weighted by Gasteiger charge is -2.15. The molecule has 1 aliphatic carbocycles. The normalized spacial score (nSPS) is 22.6. The zero-order valence-electron chi connectivity index (χ0n) is 7.58. The monoisotopic (exact) mass is 165 g/mol. The lowest BCUT2D eigenvalue weighted by Crippen LogP contribution is -2.19. The Kier molecular flexibility index (Phi) is 2.69. The molecule has 2 N–H and O–H groups in total. The average Bonchev–Trinajstić information content (AvgIpc) is 2.04. The van der Waals surface area contributed by atoms with Crippen LogP contribution in [0.4, 0.5) is 0 Å². The summed E-state index contributed by atoms with van der Waals surface area (Å²) >= 11 is 0. The molecule has 0 aromatic rings. The van der Waals surface area contributed by atoms with E-state index in [1.54, 1.807) is 0 Å². The molecule has 12 heavy (non-hydrogen) atoms. The maximum absolute atomic E-state index is 11.5. The summed E-state index contributed by atoms with van der Waals surface area (Å²) in [5.74, 6) is 0.472. The molecule has 0 spiro atoms. The molecule has 0 bridgehead atoms. The SMILES string of the molecule is CC(C)C(=O)C1C=CC(N)=CC1. The maximum atomic E-state index is 11.5. The van der Waals surface area contributed by atoms with E-state index in [0.717, 1.165) is 12.1 Å². The van der Waals surface area contributed by atoms with Crippen LogP contribution in [0.15, 0.2) is 23.9 Å². The van der Waals surface area contributed by atoms with Crippen LogP contribution in [-0.2, 0) is 4.79 Å². The van der Waals surface area contributed by atoms with E-state index in [2.05, 4.69) is 0 Å². The molecule has 1 rings (SSSR count). The number of hydrogen-bond acceptors (Lipinski definition) is 2. The number of rotatable bonds is 2. The van der Waals surface area contributed by atoms with Gasteiger partial charge >= 0.3 is 0 Å². The van der Waals surface area contributed by atoms with Gasteiger partial charge in [-0.1, -0.05) is 26.0 Å². The van der Waals surface area contributed by atoms with Gasteiger partial charge < -0.3 is 5.73 Å². The fourth-order valence-electron chi connectivity index (χ4n) is 1.28. The summed E-state index contributed by atoms with van der Waals surface area (Å²) in [7, 11) is 0. The highest BCUT2D eigenvalue weighted by molar-refractivity contribution is 5.84. The second-order valence-electron chi connectivity index (χ2n) is 3.46. The van der Waals surface area contributed by atoms with E-state index in [4.69, 9.17) is 5.73 Å². The second kappa shape index (κ2) is 3.57. The van der Waals surface area contributed by atoms with Crippen molar-refractivity contribution in [1.82, 2.24) is 0 Å². The van der Waals surface area contributed by atoms with Crippen molar-refractivity contribution in [2.24, 2.45) is 17.6 Å². The van der Waals surface area contributed by atoms with Gasteiger partial charge in [0, 0.05) is 17.5 Å². The number of ketones is 1. The highest BCUT2D eigenvalue weighted by Crippen LogP contribution is 2.18. The third-order valence-electron chi connectivity index (χ3n) is 2.06. The summed E-state index contributed by atoms with van der Waals surface area (Å²) < 4.78 is 0. The van der Waals surface area contributed by atoms with Crippen LogP contribution in [0, 0.1) is 11.8 Å². The van der Waals surface area contributed by atoms with E-state index < -0.39 is 0 Å². The highest BCUT2D eigenvalue weighted by Gasteiger charge is 2.18. The Morgan fingerprint density at radius 1 is 1.67 bits per heavy atom. The van der Waals surface area contributed by atoms with Crippen LogP contribution in [0.3, 0.4) is 0 Å². The summed E-state index contributed by atoms with van der Waals surface area (Å²) in [6, 6.07) is 0. The molecule has 0 aliphatic heterocycles. The first kappa shape index (κ1) is 9.04. The molecule has 1 aliphatic rings. The van der Waals surface area contributed by atoms with Crippen molar-refractivity contribution in [3.63, 3.8) is 0 Å². The van der Waals surface area contributed by atoms with Gasteiger partial charge in [-0.25, -0.2) is 0 Å². The number of hydrogen-bond donors (Lipinski definition) is 1. The van der Waals surface area contributed by atoms with Crippen LogP contribution in [0.25, 0.3) is 0 Å². The molecule has 0 saturated heterocycles. The van der Waals surface area contributed by atoms with Gasteiger partial charge in [0.2, 0.25) is 0 Å². The Hall–Kier alpha value is -1.05. The summed E-state index contributed by atoms with van der Waals surface area (Å²) in [4.78, 5) is 11.5. The molecule has 0 aromatic heterocycles. The van der Waals surface area contributed by atoms with Gasteiger partial charge in [0.05, 0.1) is 0 Å². The molecule has 1 unspecified atom stereocenters. The first-order valence-corrected chi connectivity index (χ1v) is 4.29. The quantitative estimate of drug-likeness (QED) is 0.675. The molecule has 0 saturated carbocycles. The van der Waals surface area contributed by atoms with Crippen molar-refractivity contribution in [3.8, 4) is 0 Å². The molecule has 2 heteroatoms. The van der Waals surface area contributed by atoms with Gasteiger partial charge in [-0.2, -0.15) is 0 Å². The molecule has 0 amide bonds. The Morgan fingerprint density at radius 3 is 2.75 bits per heavy atom. The number of carbonyl (C=O) groups is 1. The van der Waals surface area contributed by atoms with Crippen molar-refractivity contribution in [2.45, 2.75) is 20.3 Å². The summed E-state index contributed by atoms with van der Waals surface area (Å²) in [5.41, 5.74) is 6.30. The van der Waals surface area contributed by atoms with Crippen LogP contribution in [0.1, 0.15) is 20.3 Å². The summed E-state index contributed by atoms with van der Waals surface area (Å²) in [5, 5.41) is 0. The van der Waals surface area contributed by atoms with Crippen LogP contribution in [0.2, 0.25) is 0 Å². The lowest BCUT2D eigenvalue weighted by atomic mass is 9.89. The van der Waals surface area contributed by atoms with E-state index in [9.17, 15) is 4.79 Å². The van der Waals surface area contributed by atoms with Crippen molar-refractivity contribution in [1.29, 1.82) is 0 Å². The van der Waals surface area contributed by atoms with Crippen LogP contribution >= 0.6 is 0 Å². The molecule has 0 radical (unpaired) electrons. The van der Waals surface area contributed by atoms with Crippen molar-refractivity contribution in [3.05, 3.63) is 23.9 Å². The summed E-state index contributed by atoms with van der Waals surface area (Å²) in [6.07, 6.45) is 6.39. The predicted octanol–water partition coefficient (Wildman–Crippen LogP) is 1.63. The molecule has 2 nitrogen and oxygen atoms in total. The van der Waals surface area contributed by atoms with E-state index in [0.29, 0.717) is 5.78 Å². The van der Waals surface area contributed by atoms with Gasteiger partial charge in [-0.05, 0) is 12.5 Å². The Bertz CT molecular complexity index is 238. The second-order valence-corrected chi connectivity index (χ2v) is 3.46. The molecule has 0 heterocycles. The van der Waals surface area contributed by atoms with Crippen molar-refractivity contribution < 1.29 is 4.79 Å². The molecular formula is C10H15NO. The predicted molar refractivity (Wildman–Crippen MR) is 49.4 cm³/mol. The smallest absolute Gasteiger partial charge is 0.142 e. The maximum Gasteiger partial charge on any atom is 0.142 e. The van der Waals surface area contributed by atoms with Crippen molar-refractivity contribution in [2.75, 3.05) is 0 Å². The third-order valence-corrected chi connectivity index (χ3v) is 2.06. The largest absolute Gasteiger partial charge is 0.399 e. The van der Waals surface area contributed by atoms with E-state index in [-0.39, 0.29) is 11.8 Å². The van der Waals surface area contributed by atoms with Gasteiger partial charge in [0.25, 0.3) is 0 Å². The van der Waals surface area contributed by atoms with E-state index in [1.807, 2.05) is 32.1 Å². The number of carbonyl (C=O) groups excluding carboxylic acids is 1. The zero-order chi connectivity index (χ0) is 9.14. The Labute approximate surface area is 73.1 Å². The zero-order valence-corrected chi connectivity index (χ0v) is 7.58.